The molecule has 4 nitrogen and oxygen atoms in total. The predicted octanol–water partition coefficient (Wildman–Crippen LogP) is 13.0. The van der Waals surface area contributed by atoms with Crippen molar-refractivity contribution >= 4 is 86.8 Å². The highest BCUT2D eigenvalue weighted by Crippen LogP contribution is 2.47. The minimum atomic E-state index is 0.657. The van der Waals surface area contributed by atoms with Crippen molar-refractivity contribution in [2.75, 3.05) is 0 Å². The Balaban J connectivity index is 1.23. The molecule has 3 aromatic heterocycles. The molecule has 0 fully saturated rings. The number of hydrogen-bond acceptors (Lipinski definition) is 2. The van der Waals surface area contributed by atoms with Gasteiger partial charge in [0.2, 0.25) is 5.95 Å². The Morgan fingerprint density at radius 1 is 0.352 bits per heavy atom. The molecule has 9 aromatic carbocycles. The Morgan fingerprint density at radius 2 is 0.889 bits per heavy atom. The molecule has 0 unspecified atom stereocenters. The molecule has 12 rings (SSSR count). The van der Waals surface area contributed by atoms with Gasteiger partial charge in [-0.1, -0.05) is 146 Å². The lowest BCUT2D eigenvalue weighted by Gasteiger charge is -2.14. The van der Waals surface area contributed by atoms with Gasteiger partial charge in [0.1, 0.15) is 0 Å². The van der Waals surface area contributed by atoms with Crippen LogP contribution in [0.25, 0.3) is 110 Å². The largest absolute Gasteiger partial charge is 0.309 e. The normalized spacial score (nSPS) is 12.1. The summed E-state index contributed by atoms with van der Waals surface area (Å²) in [5.41, 5.74) is 8.61. The summed E-state index contributed by atoms with van der Waals surface area (Å²) in [7, 11) is 0. The Morgan fingerprint density at radius 3 is 1.63 bits per heavy atom. The van der Waals surface area contributed by atoms with Crippen LogP contribution in [0, 0.1) is 0 Å². The van der Waals surface area contributed by atoms with E-state index in [0.29, 0.717) is 5.95 Å². The molecule has 3 heterocycles. The molecule has 0 radical (unpaired) electrons. The van der Waals surface area contributed by atoms with Gasteiger partial charge in [0, 0.05) is 49.0 Å². The second-order valence-electron chi connectivity index (χ2n) is 14.1. The van der Waals surface area contributed by atoms with E-state index < -0.39 is 0 Å². The first-order valence-corrected chi connectivity index (χ1v) is 18.4. The van der Waals surface area contributed by atoms with Crippen molar-refractivity contribution < 1.29 is 0 Å². The van der Waals surface area contributed by atoms with E-state index in [1.165, 1.54) is 59.5 Å². The van der Waals surface area contributed by atoms with Crippen LogP contribution in [-0.2, 0) is 0 Å². The van der Waals surface area contributed by atoms with Crippen molar-refractivity contribution in [1.29, 1.82) is 0 Å². The van der Waals surface area contributed by atoms with E-state index in [0.717, 1.165) is 44.3 Å². The summed E-state index contributed by atoms with van der Waals surface area (Å²) >= 11 is 0. The fourth-order valence-electron chi connectivity index (χ4n) is 8.99. The van der Waals surface area contributed by atoms with Crippen molar-refractivity contribution in [3.05, 3.63) is 182 Å². The van der Waals surface area contributed by atoms with Gasteiger partial charge in [-0.25, -0.2) is 9.97 Å². The summed E-state index contributed by atoms with van der Waals surface area (Å²) in [5, 5.41) is 13.1. The zero-order valence-corrected chi connectivity index (χ0v) is 29.1. The standard InChI is InChI=1S/C50H30N4/c1-2-15-34(16-3-1)53-43-24-12-9-21-40(43)45-46-41-22-10-13-25-44(41)54(49(46)38-19-7-6-18-37(38)48(45)53)50-51-42-23-11-8-20-39(42)47(52-50)33-28-29-36-32(30-33)27-26-31-14-4-5-17-35(31)36/h1-30H. The summed E-state index contributed by atoms with van der Waals surface area (Å²) in [6, 6.07) is 65.3. The molecule has 0 atom stereocenters. The summed E-state index contributed by atoms with van der Waals surface area (Å²) in [6.45, 7) is 0. The van der Waals surface area contributed by atoms with Gasteiger partial charge in [0.25, 0.3) is 0 Å². The minimum absolute atomic E-state index is 0.657. The van der Waals surface area contributed by atoms with Crippen LogP contribution in [0.3, 0.4) is 0 Å². The predicted molar refractivity (Wildman–Crippen MR) is 226 cm³/mol. The number of fused-ring (bicyclic) bond motifs is 14. The van der Waals surface area contributed by atoms with Crippen LogP contribution >= 0.6 is 0 Å². The second-order valence-corrected chi connectivity index (χ2v) is 14.1. The lowest BCUT2D eigenvalue weighted by molar-refractivity contribution is 1.02. The minimum Gasteiger partial charge on any atom is -0.309 e. The van der Waals surface area contributed by atoms with Crippen LogP contribution in [0.5, 0.6) is 0 Å². The maximum absolute atomic E-state index is 5.53. The highest BCUT2D eigenvalue weighted by atomic mass is 15.2. The molecule has 0 spiro atoms. The van der Waals surface area contributed by atoms with E-state index in [1.807, 2.05) is 0 Å². The average molecular weight is 687 g/mol. The Bertz CT molecular complexity index is 3500. The number of nitrogens with zero attached hydrogens (tertiary/aromatic N) is 4. The van der Waals surface area contributed by atoms with E-state index in [9.17, 15) is 0 Å². The van der Waals surface area contributed by atoms with Gasteiger partial charge < -0.3 is 4.57 Å². The van der Waals surface area contributed by atoms with Gasteiger partial charge in [-0.05, 0) is 57.9 Å². The van der Waals surface area contributed by atoms with E-state index >= 15 is 0 Å². The van der Waals surface area contributed by atoms with Crippen LogP contribution in [0.15, 0.2) is 182 Å². The number of para-hydroxylation sites is 4. The number of benzene rings is 9. The third-order valence-electron chi connectivity index (χ3n) is 11.3. The Kier molecular flexibility index (Phi) is 6.02. The lowest BCUT2D eigenvalue weighted by atomic mass is 9.98. The summed E-state index contributed by atoms with van der Waals surface area (Å²) in [5.74, 6) is 0.657. The summed E-state index contributed by atoms with van der Waals surface area (Å²) < 4.78 is 4.75. The first-order valence-electron chi connectivity index (χ1n) is 18.4. The molecule has 12 aromatic rings. The highest BCUT2D eigenvalue weighted by molar-refractivity contribution is 6.37. The number of rotatable bonds is 3. The third-order valence-corrected chi connectivity index (χ3v) is 11.3. The van der Waals surface area contributed by atoms with Crippen molar-refractivity contribution in [3.8, 4) is 22.9 Å². The van der Waals surface area contributed by atoms with Crippen LogP contribution < -0.4 is 0 Å². The quantitative estimate of drug-likeness (QED) is 0.173. The van der Waals surface area contributed by atoms with Gasteiger partial charge in [0.05, 0.1) is 33.3 Å². The van der Waals surface area contributed by atoms with Crippen LogP contribution in [-0.4, -0.2) is 19.1 Å². The molecule has 250 valence electrons. The highest BCUT2D eigenvalue weighted by Gasteiger charge is 2.25. The van der Waals surface area contributed by atoms with Crippen molar-refractivity contribution in [1.82, 2.24) is 19.1 Å². The van der Waals surface area contributed by atoms with E-state index in [4.69, 9.17) is 9.97 Å². The molecular formula is C50H30N4. The van der Waals surface area contributed by atoms with Gasteiger partial charge in [-0.2, -0.15) is 0 Å². The number of aromatic nitrogens is 4. The summed E-state index contributed by atoms with van der Waals surface area (Å²) in [4.78, 5) is 10.9. The molecule has 0 aliphatic heterocycles. The Labute approximate surface area is 309 Å². The fourth-order valence-corrected chi connectivity index (χ4v) is 8.99. The topological polar surface area (TPSA) is 35.6 Å². The maximum Gasteiger partial charge on any atom is 0.235 e. The smallest absolute Gasteiger partial charge is 0.235 e. The molecular weight excluding hydrogens is 657 g/mol. The molecule has 0 amide bonds. The van der Waals surface area contributed by atoms with Gasteiger partial charge >= 0.3 is 0 Å². The van der Waals surface area contributed by atoms with Crippen LogP contribution in [0.4, 0.5) is 0 Å². The SMILES string of the molecule is c1ccc(-n2c3ccccc3c3c4c5ccccc5n(-c5nc(-c6ccc7c(ccc8ccccc87)c6)c6ccccc6n5)c4c4ccccc4c32)cc1. The zero-order chi connectivity index (χ0) is 35.3. The first-order chi connectivity index (χ1) is 26.8. The Hall–Kier alpha value is -7.30. The fraction of sp³-hybridized carbons (Fsp3) is 0. The summed E-state index contributed by atoms with van der Waals surface area (Å²) in [6.07, 6.45) is 0. The zero-order valence-electron chi connectivity index (χ0n) is 29.1. The molecule has 4 heteroatoms. The number of hydrogen-bond donors (Lipinski definition) is 0. The molecule has 0 aliphatic rings. The van der Waals surface area contributed by atoms with Crippen LogP contribution in [0.1, 0.15) is 0 Å². The van der Waals surface area contributed by atoms with E-state index in [-0.39, 0.29) is 0 Å². The molecule has 0 saturated carbocycles. The third kappa shape index (κ3) is 4.02. The monoisotopic (exact) mass is 686 g/mol. The van der Waals surface area contributed by atoms with Gasteiger partial charge in [0.15, 0.2) is 0 Å². The molecule has 0 aliphatic carbocycles. The molecule has 0 N–H and O–H groups in total. The van der Waals surface area contributed by atoms with Crippen molar-refractivity contribution in [2.45, 2.75) is 0 Å². The van der Waals surface area contributed by atoms with E-state index in [2.05, 4.69) is 191 Å². The molecule has 54 heavy (non-hydrogen) atoms. The maximum atomic E-state index is 5.53. The first kappa shape index (κ1) is 29.3. The van der Waals surface area contributed by atoms with Crippen LogP contribution in [0.2, 0.25) is 0 Å². The van der Waals surface area contributed by atoms with Crippen molar-refractivity contribution in [3.63, 3.8) is 0 Å². The average Bonchev–Trinajstić information content (AvgIpc) is 3.77. The van der Waals surface area contributed by atoms with Gasteiger partial charge in [-0.15, -0.1) is 0 Å². The van der Waals surface area contributed by atoms with Crippen molar-refractivity contribution in [2.24, 2.45) is 0 Å². The van der Waals surface area contributed by atoms with E-state index in [1.54, 1.807) is 0 Å². The molecule has 0 saturated heterocycles. The molecule has 0 bridgehead atoms. The lowest BCUT2D eigenvalue weighted by Crippen LogP contribution is -2.04. The second kappa shape index (κ2) is 11.1. The van der Waals surface area contributed by atoms with Gasteiger partial charge in [-0.3, -0.25) is 4.57 Å².